The van der Waals surface area contributed by atoms with E-state index in [4.69, 9.17) is 10.5 Å². The number of nitrogens with one attached hydrogen (secondary N) is 1. The number of nitrogens with zero attached hydrogens (tertiary/aromatic N) is 4. The van der Waals surface area contributed by atoms with Crippen molar-refractivity contribution >= 4 is 5.96 Å². The summed E-state index contributed by atoms with van der Waals surface area (Å²) in [6.07, 6.45) is 5.65. The molecule has 0 bridgehead atoms. The van der Waals surface area contributed by atoms with Gasteiger partial charge >= 0.3 is 0 Å². The van der Waals surface area contributed by atoms with Gasteiger partial charge in [-0.25, -0.2) is 14.7 Å². The molecule has 2 heterocycles. The zero-order chi connectivity index (χ0) is 15.2. The van der Waals surface area contributed by atoms with Crippen LogP contribution in [0.2, 0.25) is 0 Å². The third kappa shape index (κ3) is 3.82. The standard InChI is InChI=1S/C15H20N6O/c16-15(19-9-14-2-1-7-22-14)18-8-12-3-5-13(6-4-12)21-11-17-10-20-21/h3-6,10-11,14H,1-2,7-9H2,(H3,16,18,19). The zero-order valence-electron chi connectivity index (χ0n) is 12.4. The first-order valence-corrected chi connectivity index (χ1v) is 7.40. The summed E-state index contributed by atoms with van der Waals surface area (Å²) in [5.74, 6) is 0.454. The van der Waals surface area contributed by atoms with Crippen LogP contribution in [0.5, 0.6) is 0 Å². The lowest BCUT2D eigenvalue weighted by Crippen LogP contribution is -2.37. The summed E-state index contributed by atoms with van der Waals surface area (Å²) in [5, 5.41) is 7.20. The first kappa shape index (κ1) is 14.5. The molecule has 1 aromatic heterocycles. The summed E-state index contributed by atoms with van der Waals surface area (Å²) in [6.45, 7) is 2.12. The van der Waals surface area contributed by atoms with Crippen LogP contribution in [-0.2, 0) is 11.3 Å². The third-order valence-corrected chi connectivity index (χ3v) is 3.59. The van der Waals surface area contributed by atoms with E-state index >= 15 is 0 Å². The fraction of sp³-hybridized carbons (Fsp3) is 0.400. The molecule has 1 fully saturated rings. The van der Waals surface area contributed by atoms with E-state index in [1.165, 1.54) is 6.33 Å². The predicted molar refractivity (Wildman–Crippen MR) is 83.7 cm³/mol. The molecule has 1 atom stereocenters. The molecule has 1 aliphatic heterocycles. The molecule has 0 aliphatic carbocycles. The molecule has 0 spiro atoms. The van der Waals surface area contributed by atoms with Crippen molar-refractivity contribution in [3.63, 3.8) is 0 Å². The minimum atomic E-state index is 0.260. The van der Waals surface area contributed by atoms with Crippen LogP contribution in [0.15, 0.2) is 41.9 Å². The van der Waals surface area contributed by atoms with Gasteiger partial charge in [0.15, 0.2) is 5.96 Å². The van der Waals surface area contributed by atoms with Crippen molar-refractivity contribution in [3.05, 3.63) is 42.5 Å². The van der Waals surface area contributed by atoms with E-state index in [1.54, 1.807) is 11.0 Å². The van der Waals surface area contributed by atoms with Crippen LogP contribution in [0.1, 0.15) is 18.4 Å². The molecular weight excluding hydrogens is 280 g/mol. The van der Waals surface area contributed by atoms with E-state index in [2.05, 4.69) is 20.4 Å². The van der Waals surface area contributed by atoms with E-state index in [1.807, 2.05) is 24.3 Å². The van der Waals surface area contributed by atoms with Crippen molar-refractivity contribution < 1.29 is 4.74 Å². The van der Waals surface area contributed by atoms with Gasteiger partial charge < -0.3 is 15.8 Å². The quantitative estimate of drug-likeness (QED) is 0.631. The molecule has 3 rings (SSSR count). The van der Waals surface area contributed by atoms with E-state index < -0.39 is 0 Å². The van der Waals surface area contributed by atoms with Crippen LogP contribution in [0.3, 0.4) is 0 Å². The van der Waals surface area contributed by atoms with Crippen LogP contribution in [0.25, 0.3) is 5.69 Å². The molecule has 2 aromatic rings. The van der Waals surface area contributed by atoms with Gasteiger partial charge in [-0.3, -0.25) is 0 Å². The lowest BCUT2D eigenvalue weighted by Gasteiger charge is -2.11. The second kappa shape index (κ2) is 7.04. The molecule has 1 aromatic carbocycles. The van der Waals surface area contributed by atoms with E-state index in [-0.39, 0.29) is 6.10 Å². The summed E-state index contributed by atoms with van der Waals surface area (Å²) in [7, 11) is 0. The molecule has 1 saturated heterocycles. The summed E-state index contributed by atoms with van der Waals surface area (Å²) < 4.78 is 7.24. The highest BCUT2D eigenvalue weighted by molar-refractivity contribution is 5.77. The Morgan fingerprint density at radius 1 is 1.41 bits per heavy atom. The number of nitrogens with two attached hydrogens (primary N) is 1. The fourth-order valence-electron chi connectivity index (χ4n) is 2.35. The van der Waals surface area contributed by atoms with Crippen molar-refractivity contribution in [2.75, 3.05) is 13.2 Å². The normalized spacial score (nSPS) is 18.5. The van der Waals surface area contributed by atoms with E-state index in [9.17, 15) is 0 Å². The van der Waals surface area contributed by atoms with Crippen molar-refractivity contribution in [2.24, 2.45) is 10.7 Å². The molecular formula is C15H20N6O. The van der Waals surface area contributed by atoms with Gasteiger partial charge in [-0.2, -0.15) is 5.10 Å². The maximum absolute atomic E-state index is 5.87. The highest BCUT2D eigenvalue weighted by Crippen LogP contribution is 2.11. The number of guanidine groups is 1. The van der Waals surface area contributed by atoms with Gasteiger partial charge in [0.25, 0.3) is 0 Å². The van der Waals surface area contributed by atoms with Crippen molar-refractivity contribution in [1.29, 1.82) is 0 Å². The van der Waals surface area contributed by atoms with Gasteiger partial charge in [0.05, 0.1) is 18.3 Å². The van der Waals surface area contributed by atoms with Crippen molar-refractivity contribution in [2.45, 2.75) is 25.5 Å². The molecule has 116 valence electrons. The molecule has 7 heteroatoms. The average molecular weight is 300 g/mol. The Balaban J connectivity index is 1.50. The molecule has 0 radical (unpaired) electrons. The van der Waals surface area contributed by atoms with Gasteiger partial charge in [-0.15, -0.1) is 0 Å². The van der Waals surface area contributed by atoms with Gasteiger partial charge in [-0.05, 0) is 30.5 Å². The minimum Gasteiger partial charge on any atom is -0.376 e. The molecule has 1 unspecified atom stereocenters. The van der Waals surface area contributed by atoms with Crippen LogP contribution in [0.4, 0.5) is 0 Å². The summed E-state index contributed by atoms with van der Waals surface area (Å²) in [6, 6.07) is 7.98. The summed E-state index contributed by atoms with van der Waals surface area (Å²) in [5.41, 5.74) is 7.92. The first-order chi connectivity index (χ1) is 10.8. The van der Waals surface area contributed by atoms with Gasteiger partial charge in [0.2, 0.25) is 0 Å². The fourth-order valence-corrected chi connectivity index (χ4v) is 2.35. The van der Waals surface area contributed by atoms with Gasteiger partial charge in [0.1, 0.15) is 12.7 Å². The Labute approximate surface area is 129 Å². The Kier molecular flexibility index (Phi) is 4.65. The van der Waals surface area contributed by atoms with Gasteiger partial charge in [-0.1, -0.05) is 12.1 Å². The number of aromatic nitrogens is 3. The second-order valence-corrected chi connectivity index (χ2v) is 5.22. The maximum atomic E-state index is 5.87. The molecule has 7 nitrogen and oxygen atoms in total. The first-order valence-electron chi connectivity index (χ1n) is 7.40. The van der Waals surface area contributed by atoms with Crippen LogP contribution in [0, 0.1) is 0 Å². The second-order valence-electron chi connectivity index (χ2n) is 5.22. The Hall–Kier alpha value is -2.41. The lowest BCUT2D eigenvalue weighted by atomic mass is 10.2. The summed E-state index contributed by atoms with van der Waals surface area (Å²) >= 11 is 0. The molecule has 3 N–H and O–H groups in total. The molecule has 22 heavy (non-hydrogen) atoms. The largest absolute Gasteiger partial charge is 0.376 e. The number of rotatable bonds is 5. The number of benzene rings is 1. The van der Waals surface area contributed by atoms with Crippen LogP contribution >= 0.6 is 0 Å². The van der Waals surface area contributed by atoms with Crippen molar-refractivity contribution in [3.8, 4) is 5.69 Å². The number of hydrogen-bond donors (Lipinski definition) is 2. The highest BCUT2D eigenvalue weighted by Gasteiger charge is 2.14. The SMILES string of the molecule is NC(=NCc1ccc(-n2cncn2)cc1)NCC1CCCO1. The van der Waals surface area contributed by atoms with E-state index in [0.29, 0.717) is 12.5 Å². The maximum Gasteiger partial charge on any atom is 0.189 e. The van der Waals surface area contributed by atoms with Crippen LogP contribution in [-0.4, -0.2) is 40.0 Å². The smallest absolute Gasteiger partial charge is 0.189 e. The molecule has 0 saturated carbocycles. The van der Waals surface area contributed by atoms with Crippen LogP contribution < -0.4 is 11.1 Å². The Morgan fingerprint density at radius 3 is 2.95 bits per heavy atom. The van der Waals surface area contributed by atoms with Crippen molar-refractivity contribution in [1.82, 2.24) is 20.1 Å². The number of aliphatic imine (C=N–C) groups is 1. The molecule has 1 aliphatic rings. The molecule has 0 amide bonds. The third-order valence-electron chi connectivity index (χ3n) is 3.59. The predicted octanol–water partition coefficient (Wildman–Crippen LogP) is 0.851. The minimum absolute atomic E-state index is 0.260. The topological polar surface area (TPSA) is 90.4 Å². The Morgan fingerprint density at radius 2 is 2.27 bits per heavy atom. The number of hydrogen-bond acceptors (Lipinski definition) is 4. The highest BCUT2D eigenvalue weighted by atomic mass is 16.5. The van der Waals surface area contributed by atoms with E-state index in [0.717, 1.165) is 37.2 Å². The summed E-state index contributed by atoms with van der Waals surface area (Å²) in [4.78, 5) is 8.27. The zero-order valence-corrected chi connectivity index (χ0v) is 12.4. The average Bonchev–Trinajstić information content (AvgIpc) is 3.24. The number of ether oxygens (including phenoxy) is 1. The monoisotopic (exact) mass is 300 g/mol. The Bertz CT molecular complexity index is 601. The van der Waals surface area contributed by atoms with Gasteiger partial charge in [0, 0.05) is 13.2 Å². The lowest BCUT2D eigenvalue weighted by molar-refractivity contribution is 0.114.